The zero-order chi connectivity index (χ0) is 29.0. The normalized spacial score (nSPS) is 18.4. The van der Waals surface area contributed by atoms with E-state index in [1.54, 1.807) is 43.3 Å². The summed E-state index contributed by atoms with van der Waals surface area (Å²) in [6, 6.07) is 14.8. The number of fused-ring (bicyclic) bond motifs is 1. The van der Waals surface area contributed by atoms with Crippen molar-refractivity contribution in [1.29, 1.82) is 0 Å². The van der Waals surface area contributed by atoms with Crippen molar-refractivity contribution in [3.8, 4) is 28.5 Å². The first-order valence-corrected chi connectivity index (χ1v) is 14.4. The quantitative estimate of drug-likeness (QED) is 0.417. The Morgan fingerprint density at radius 2 is 1.68 bits per heavy atom. The second kappa shape index (κ2) is 12.2. The standard InChI is InChI=1S/C29H35N3O7S/c1-19-16-32(20(2)18-33)29(34)26-14-22(21-6-8-23(37-4)9-7-21)15-30-28(26)39-27(19)17-31(3)40(35,36)25-12-10-24(38-5)11-13-25/h6-15,19-20,27,33H,16-18H2,1-5H3/t19-,20+,27+/m0/s1. The number of ether oxygens (including phenoxy) is 3. The highest BCUT2D eigenvalue weighted by Crippen LogP contribution is 2.31. The Balaban J connectivity index is 1.68. The molecule has 4 rings (SSSR count). The molecule has 0 spiro atoms. The molecular formula is C29H35N3O7S. The topological polar surface area (TPSA) is 118 Å². The first-order valence-electron chi connectivity index (χ1n) is 12.9. The molecule has 2 heterocycles. The van der Waals surface area contributed by atoms with Gasteiger partial charge in [-0.05, 0) is 55.0 Å². The lowest BCUT2D eigenvalue weighted by atomic mass is 9.99. The van der Waals surface area contributed by atoms with Gasteiger partial charge in [-0.3, -0.25) is 4.79 Å². The van der Waals surface area contributed by atoms with E-state index in [4.69, 9.17) is 14.2 Å². The third-order valence-electron chi connectivity index (χ3n) is 7.15. The Hall–Kier alpha value is -3.67. The molecule has 1 aliphatic rings. The lowest BCUT2D eigenvalue weighted by Gasteiger charge is -2.37. The van der Waals surface area contributed by atoms with E-state index in [9.17, 15) is 18.3 Å². The molecular weight excluding hydrogens is 534 g/mol. The number of aliphatic hydroxyl groups excluding tert-OH is 1. The molecule has 0 saturated carbocycles. The minimum Gasteiger partial charge on any atom is -0.497 e. The molecule has 1 aromatic heterocycles. The summed E-state index contributed by atoms with van der Waals surface area (Å²) < 4.78 is 44.6. The number of sulfonamides is 1. The zero-order valence-electron chi connectivity index (χ0n) is 23.3. The molecule has 214 valence electrons. The molecule has 1 N–H and O–H groups in total. The molecule has 0 saturated heterocycles. The Labute approximate surface area is 235 Å². The van der Waals surface area contributed by atoms with E-state index < -0.39 is 22.2 Å². The molecule has 0 bridgehead atoms. The van der Waals surface area contributed by atoms with E-state index in [1.807, 2.05) is 31.2 Å². The number of hydrogen-bond donors (Lipinski definition) is 1. The first kappa shape index (κ1) is 29.3. The van der Waals surface area contributed by atoms with Gasteiger partial charge in [0.25, 0.3) is 5.91 Å². The molecule has 0 unspecified atom stereocenters. The monoisotopic (exact) mass is 569 g/mol. The smallest absolute Gasteiger partial charge is 0.259 e. The van der Waals surface area contributed by atoms with Gasteiger partial charge < -0.3 is 24.2 Å². The lowest BCUT2D eigenvalue weighted by Crippen LogP contribution is -2.50. The van der Waals surface area contributed by atoms with E-state index in [2.05, 4.69) is 4.98 Å². The van der Waals surface area contributed by atoms with Crippen LogP contribution in [0.25, 0.3) is 11.1 Å². The Bertz CT molecular complexity index is 1430. The summed E-state index contributed by atoms with van der Waals surface area (Å²) in [4.78, 5) is 19.9. The maximum Gasteiger partial charge on any atom is 0.259 e. The fourth-order valence-corrected chi connectivity index (χ4v) is 5.72. The van der Waals surface area contributed by atoms with Crippen molar-refractivity contribution in [1.82, 2.24) is 14.2 Å². The van der Waals surface area contributed by atoms with Crippen molar-refractivity contribution in [2.75, 3.05) is 41.0 Å². The van der Waals surface area contributed by atoms with Crippen LogP contribution in [0.1, 0.15) is 24.2 Å². The number of likely N-dealkylation sites (N-methyl/N-ethyl adjacent to an activating group) is 1. The number of carbonyl (C=O) groups is 1. The fraction of sp³-hybridized carbons (Fsp3) is 0.379. The Kier molecular flexibility index (Phi) is 8.97. The molecule has 40 heavy (non-hydrogen) atoms. The van der Waals surface area contributed by atoms with E-state index in [-0.39, 0.29) is 47.9 Å². The number of nitrogens with zero attached hydrogens (tertiary/aromatic N) is 3. The van der Waals surface area contributed by atoms with Crippen LogP contribution in [-0.2, 0) is 10.0 Å². The number of benzene rings is 2. The molecule has 0 radical (unpaired) electrons. The van der Waals surface area contributed by atoms with Crippen molar-refractivity contribution >= 4 is 15.9 Å². The highest BCUT2D eigenvalue weighted by molar-refractivity contribution is 7.89. The number of methoxy groups -OCH3 is 2. The summed E-state index contributed by atoms with van der Waals surface area (Å²) in [5.41, 5.74) is 1.79. The van der Waals surface area contributed by atoms with Gasteiger partial charge in [0.1, 0.15) is 23.2 Å². The predicted octanol–water partition coefficient (Wildman–Crippen LogP) is 3.31. The average molecular weight is 570 g/mol. The van der Waals surface area contributed by atoms with Crippen molar-refractivity contribution in [3.05, 3.63) is 66.4 Å². The Morgan fingerprint density at radius 1 is 1.07 bits per heavy atom. The van der Waals surface area contributed by atoms with Crippen LogP contribution < -0.4 is 14.2 Å². The van der Waals surface area contributed by atoms with Gasteiger partial charge in [-0.1, -0.05) is 19.1 Å². The van der Waals surface area contributed by atoms with Crippen molar-refractivity contribution in [2.24, 2.45) is 5.92 Å². The predicted molar refractivity (Wildman–Crippen MR) is 150 cm³/mol. The molecule has 11 heteroatoms. The number of pyridine rings is 1. The van der Waals surface area contributed by atoms with Crippen LogP contribution in [0.3, 0.4) is 0 Å². The lowest BCUT2D eigenvalue weighted by molar-refractivity contribution is 0.0373. The Morgan fingerprint density at radius 3 is 2.25 bits per heavy atom. The maximum atomic E-state index is 13.7. The minimum absolute atomic E-state index is 0.0203. The molecule has 0 aliphatic carbocycles. The summed E-state index contributed by atoms with van der Waals surface area (Å²) in [7, 11) is 0.766. The van der Waals surface area contributed by atoms with Crippen molar-refractivity contribution < 1.29 is 32.5 Å². The summed E-state index contributed by atoms with van der Waals surface area (Å²) in [5.74, 6) is 0.782. The van der Waals surface area contributed by atoms with Gasteiger partial charge in [0, 0.05) is 31.3 Å². The van der Waals surface area contributed by atoms with Crippen LogP contribution in [-0.4, -0.2) is 86.7 Å². The average Bonchev–Trinajstić information content (AvgIpc) is 2.98. The van der Waals surface area contributed by atoms with Crippen LogP contribution in [0.2, 0.25) is 0 Å². The van der Waals surface area contributed by atoms with Crippen LogP contribution in [0.15, 0.2) is 65.7 Å². The number of aromatic nitrogens is 1. The third-order valence-corrected chi connectivity index (χ3v) is 8.99. The SMILES string of the molecule is COc1ccc(-c2cnc3c(c2)C(=O)N([C@H](C)CO)C[C@H](C)[C@@H](CN(C)S(=O)(=O)c2ccc(OC)cc2)O3)cc1. The zero-order valence-corrected chi connectivity index (χ0v) is 24.1. The molecule has 1 aliphatic heterocycles. The summed E-state index contributed by atoms with van der Waals surface area (Å²) in [6.45, 7) is 3.71. The number of amides is 1. The van der Waals surface area contributed by atoms with Gasteiger partial charge in [0.2, 0.25) is 15.9 Å². The minimum atomic E-state index is -3.83. The summed E-state index contributed by atoms with van der Waals surface area (Å²) >= 11 is 0. The maximum absolute atomic E-state index is 13.7. The number of rotatable bonds is 9. The molecule has 1 amide bonds. The highest BCUT2D eigenvalue weighted by Gasteiger charge is 2.36. The van der Waals surface area contributed by atoms with Gasteiger partial charge in [-0.15, -0.1) is 0 Å². The number of hydrogen-bond acceptors (Lipinski definition) is 8. The van der Waals surface area contributed by atoms with E-state index in [0.29, 0.717) is 17.1 Å². The van der Waals surface area contributed by atoms with Gasteiger partial charge in [0.15, 0.2) is 0 Å². The highest BCUT2D eigenvalue weighted by atomic mass is 32.2. The van der Waals surface area contributed by atoms with E-state index in [0.717, 1.165) is 5.56 Å². The molecule has 2 aromatic carbocycles. The molecule has 10 nitrogen and oxygen atoms in total. The van der Waals surface area contributed by atoms with Crippen molar-refractivity contribution in [3.63, 3.8) is 0 Å². The van der Waals surface area contributed by atoms with Gasteiger partial charge >= 0.3 is 0 Å². The van der Waals surface area contributed by atoms with Crippen molar-refractivity contribution in [2.45, 2.75) is 30.9 Å². The van der Waals surface area contributed by atoms with Crippen LogP contribution in [0.5, 0.6) is 17.4 Å². The van der Waals surface area contributed by atoms with E-state index >= 15 is 0 Å². The van der Waals surface area contributed by atoms with Gasteiger partial charge in [-0.2, -0.15) is 4.31 Å². The third kappa shape index (κ3) is 6.06. The first-order chi connectivity index (χ1) is 19.1. The van der Waals surface area contributed by atoms with Crippen LogP contribution in [0.4, 0.5) is 0 Å². The van der Waals surface area contributed by atoms with Gasteiger partial charge in [-0.25, -0.2) is 13.4 Å². The van der Waals surface area contributed by atoms with Gasteiger partial charge in [0.05, 0.1) is 38.3 Å². The number of aliphatic hydroxyl groups is 1. The number of carbonyl (C=O) groups excluding carboxylic acids is 1. The van der Waals surface area contributed by atoms with Crippen LogP contribution >= 0.6 is 0 Å². The molecule has 3 atom stereocenters. The molecule has 3 aromatic rings. The second-order valence-electron chi connectivity index (χ2n) is 9.89. The summed E-state index contributed by atoms with van der Waals surface area (Å²) in [5, 5.41) is 9.92. The van der Waals surface area contributed by atoms with Crippen LogP contribution in [0, 0.1) is 5.92 Å². The second-order valence-corrected chi connectivity index (χ2v) is 11.9. The summed E-state index contributed by atoms with van der Waals surface area (Å²) in [6.07, 6.45) is 0.993. The fourth-order valence-electron chi connectivity index (χ4n) is 4.54. The largest absolute Gasteiger partial charge is 0.497 e. The molecule has 0 fully saturated rings. The van der Waals surface area contributed by atoms with E-state index in [1.165, 1.54) is 30.6 Å².